The lowest BCUT2D eigenvalue weighted by molar-refractivity contribution is 0.247. The number of aromatic nitrogens is 4. The Hall–Kier alpha value is -3.83. The smallest absolute Gasteiger partial charge is 0.147 e. The highest BCUT2D eigenvalue weighted by Gasteiger charge is 2.14. The average Bonchev–Trinajstić information content (AvgIpc) is 3.31. The van der Waals surface area contributed by atoms with Crippen molar-refractivity contribution in [1.29, 1.82) is 0 Å². The highest BCUT2D eigenvalue weighted by molar-refractivity contribution is 5.78. The summed E-state index contributed by atoms with van der Waals surface area (Å²) in [6.07, 6.45) is 2.81. The van der Waals surface area contributed by atoms with Crippen molar-refractivity contribution in [3.05, 3.63) is 125 Å². The number of hydrogen-bond acceptors (Lipinski definition) is 4. The largest absolute Gasteiger partial charge is 0.312 e. The van der Waals surface area contributed by atoms with Gasteiger partial charge in [0.2, 0.25) is 0 Å². The summed E-state index contributed by atoms with van der Waals surface area (Å²) in [6.45, 7) is 7.39. The molecule has 0 saturated heterocycles. The fourth-order valence-corrected chi connectivity index (χ4v) is 4.30. The predicted octanol–water partition coefficient (Wildman–Crippen LogP) is 5.74. The van der Waals surface area contributed by atoms with Crippen LogP contribution in [-0.4, -0.2) is 31.2 Å². The Labute approximate surface area is 207 Å². The van der Waals surface area contributed by atoms with Crippen molar-refractivity contribution < 1.29 is 0 Å². The van der Waals surface area contributed by atoms with Crippen molar-refractivity contribution in [3.63, 3.8) is 0 Å². The molecule has 0 N–H and O–H groups in total. The minimum Gasteiger partial charge on any atom is -0.312 e. The Morgan fingerprint density at radius 3 is 2.23 bits per heavy atom. The fraction of sp³-hybridized carbons (Fsp3) is 0.233. The molecule has 176 valence electrons. The number of fused-ring (bicyclic) bond motifs is 1. The average molecular weight is 462 g/mol. The topological polar surface area (TPSA) is 46.8 Å². The molecular weight excluding hydrogens is 430 g/mol. The lowest BCUT2D eigenvalue weighted by atomic mass is 10.1. The van der Waals surface area contributed by atoms with Crippen LogP contribution in [0.1, 0.15) is 33.8 Å². The van der Waals surface area contributed by atoms with Gasteiger partial charge in [-0.15, -0.1) is 10.2 Å². The Kier molecular flexibility index (Phi) is 6.96. The van der Waals surface area contributed by atoms with Gasteiger partial charge in [-0.25, -0.2) is 0 Å². The van der Waals surface area contributed by atoms with E-state index in [-0.39, 0.29) is 0 Å². The summed E-state index contributed by atoms with van der Waals surface area (Å²) in [4.78, 5) is 7.35. The van der Waals surface area contributed by atoms with Crippen molar-refractivity contribution in [2.45, 2.75) is 39.9 Å². The molecule has 3 aromatic carbocycles. The van der Waals surface area contributed by atoms with E-state index >= 15 is 0 Å². The van der Waals surface area contributed by atoms with Gasteiger partial charge in [0.25, 0.3) is 0 Å². The third-order valence-electron chi connectivity index (χ3n) is 6.41. The van der Waals surface area contributed by atoms with Crippen LogP contribution in [0.5, 0.6) is 0 Å². The molecule has 0 amide bonds. The Morgan fingerprint density at radius 1 is 0.743 bits per heavy atom. The second-order valence-electron chi connectivity index (χ2n) is 9.30. The van der Waals surface area contributed by atoms with Gasteiger partial charge < -0.3 is 4.57 Å². The molecule has 0 aliphatic rings. The van der Waals surface area contributed by atoms with Crippen LogP contribution in [0.15, 0.2) is 91.3 Å². The third-order valence-corrected chi connectivity index (χ3v) is 6.41. The quantitative estimate of drug-likeness (QED) is 0.281. The number of hydrogen-bond donors (Lipinski definition) is 0. The van der Waals surface area contributed by atoms with Gasteiger partial charge in [0.15, 0.2) is 0 Å². The molecule has 5 aromatic rings. The maximum atomic E-state index is 4.92. The van der Waals surface area contributed by atoms with Gasteiger partial charge in [-0.05, 0) is 43.5 Å². The standard InChI is InChI=1S/C30H31N5/c1-23-7-11-25(12-8-23)17-18-34(20-28-16-15-27-5-3-4-6-29(27)32-28)21-30-33-31-22-35(30)19-26-13-9-24(2)10-14-26/h3-16,22H,17-21H2,1-2H3. The van der Waals surface area contributed by atoms with Gasteiger partial charge in [-0.1, -0.05) is 83.9 Å². The second-order valence-corrected chi connectivity index (χ2v) is 9.30. The number of pyridine rings is 1. The SMILES string of the molecule is Cc1ccc(CCN(Cc2ccc3ccccc3n2)Cc2nncn2Cc2ccc(C)cc2)cc1. The lowest BCUT2D eigenvalue weighted by Crippen LogP contribution is -2.27. The summed E-state index contributed by atoms with van der Waals surface area (Å²) in [7, 11) is 0. The molecule has 5 heteroatoms. The summed E-state index contributed by atoms with van der Waals surface area (Å²) in [5.41, 5.74) is 7.24. The molecule has 0 aliphatic heterocycles. The van der Waals surface area contributed by atoms with Crippen LogP contribution < -0.4 is 0 Å². The third kappa shape index (κ3) is 6.00. The second kappa shape index (κ2) is 10.6. The van der Waals surface area contributed by atoms with Crippen molar-refractivity contribution in [2.24, 2.45) is 0 Å². The Balaban J connectivity index is 1.35. The van der Waals surface area contributed by atoms with Crippen LogP contribution in [0, 0.1) is 13.8 Å². The fourth-order valence-electron chi connectivity index (χ4n) is 4.30. The van der Waals surface area contributed by atoms with E-state index in [0.717, 1.165) is 43.1 Å². The van der Waals surface area contributed by atoms with Crippen molar-refractivity contribution in [2.75, 3.05) is 6.54 Å². The van der Waals surface area contributed by atoms with E-state index in [9.17, 15) is 0 Å². The maximum absolute atomic E-state index is 4.92. The van der Waals surface area contributed by atoms with Crippen molar-refractivity contribution in [3.8, 4) is 0 Å². The van der Waals surface area contributed by atoms with E-state index in [1.54, 1.807) is 0 Å². The van der Waals surface area contributed by atoms with E-state index in [2.05, 4.69) is 112 Å². The molecule has 0 radical (unpaired) electrons. The van der Waals surface area contributed by atoms with Crippen LogP contribution in [0.3, 0.4) is 0 Å². The predicted molar refractivity (Wildman–Crippen MR) is 141 cm³/mol. The summed E-state index contributed by atoms with van der Waals surface area (Å²) < 4.78 is 2.15. The van der Waals surface area contributed by atoms with E-state index in [1.807, 2.05) is 12.4 Å². The van der Waals surface area contributed by atoms with Gasteiger partial charge >= 0.3 is 0 Å². The molecule has 0 unspecified atom stereocenters. The molecule has 0 bridgehead atoms. The first-order chi connectivity index (χ1) is 17.1. The monoisotopic (exact) mass is 461 g/mol. The normalized spacial score (nSPS) is 11.4. The zero-order valence-corrected chi connectivity index (χ0v) is 20.4. The zero-order valence-electron chi connectivity index (χ0n) is 20.4. The number of aryl methyl sites for hydroxylation is 2. The van der Waals surface area contributed by atoms with E-state index in [4.69, 9.17) is 4.98 Å². The summed E-state index contributed by atoms with van der Waals surface area (Å²) >= 11 is 0. The maximum Gasteiger partial charge on any atom is 0.147 e. The molecule has 0 atom stereocenters. The highest BCUT2D eigenvalue weighted by atomic mass is 15.3. The molecule has 2 aromatic heterocycles. The summed E-state index contributed by atoms with van der Waals surface area (Å²) in [6, 6.07) is 30.0. The molecule has 5 nitrogen and oxygen atoms in total. The molecular formula is C30H31N5. The van der Waals surface area contributed by atoms with E-state index in [0.29, 0.717) is 6.54 Å². The molecule has 0 saturated carbocycles. The number of rotatable bonds is 9. The molecule has 2 heterocycles. The van der Waals surface area contributed by atoms with Crippen LogP contribution in [0.4, 0.5) is 0 Å². The lowest BCUT2D eigenvalue weighted by Gasteiger charge is -2.22. The molecule has 0 spiro atoms. The van der Waals surface area contributed by atoms with Crippen LogP contribution >= 0.6 is 0 Å². The van der Waals surface area contributed by atoms with E-state index in [1.165, 1.54) is 27.6 Å². The van der Waals surface area contributed by atoms with Crippen molar-refractivity contribution >= 4 is 10.9 Å². The van der Waals surface area contributed by atoms with Crippen LogP contribution in [-0.2, 0) is 26.1 Å². The van der Waals surface area contributed by atoms with Gasteiger partial charge in [0.05, 0.1) is 24.3 Å². The first-order valence-electron chi connectivity index (χ1n) is 12.2. The number of para-hydroxylation sites is 1. The van der Waals surface area contributed by atoms with Crippen LogP contribution in [0.25, 0.3) is 10.9 Å². The molecule has 0 aliphatic carbocycles. The van der Waals surface area contributed by atoms with E-state index < -0.39 is 0 Å². The first kappa shape index (κ1) is 22.9. The molecule has 0 fully saturated rings. The molecule has 5 rings (SSSR count). The number of nitrogens with zero attached hydrogens (tertiary/aromatic N) is 5. The summed E-state index contributed by atoms with van der Waals surface area (Å²) in [5.74, 6) is 0.968. The van der Waals surface area contributed by atoms with Crippen molar-refractivity contribution in [1.82, 2.24) is 24.6 Å². The highest BCUT2D eigenvalue weighted by Crippen LogP contribution is 2.16. The van der Waals surface area contributed by atoms with Gasteiger partial charge in [-0.3, -0.25) is 9.88 Å². The minimum absolute atomic E-state index is 0.715. The minimum atomic E-state index is 0.715. The van der Waals surface area contributed by atoms with Gasteiger partial charge in [0, 0.05) is 18.5 Å². The zero-order chi connectivity index (χ0) is 24.0. The Bertz CT molecular complexity index is 1390. The van der Waals surface area contributed by atoms with Gasteiger partial charge in [-0.2, -0.15) is 0 Å². The first-order valence-corrected chi connectivity index (χ1v) is 12.2. The number of benzene rings is 3. The summed E-state index contributed by atoms with van der Waals surface area (Å²) in [5, 5.41) is 9.88. The Morgan fingerprint density at radius 2 is 1.46 bits per heavy atom. The molecule has 35 heavy (non-hydrogen) atoms. The van der Waals surface area contributed by atoms with Gasteiger partial charge in [0.1, 0.15) is 12.2 Å². The van der Waals surface area contributed by atoms with Crippen LogP contribution in [0.2, 0.25) is 0 Å².